The Morgan fingerprint density at radius 3 is 2.60 bits per heavy atom. The summed E-state index contributed by atoms with van der Waals surface area (Å²) in [6, 6.07) is 14.0. The molecule has 1 amide bonds. The van der Waals surface area contributed by atoms with Crippen LogP contribution in [-0.4, -0.2) is 11.0 Å². The van der Waals surface area contributed by atoms with Crippen molar-refractivity contribution >= 4 is 35.0 Å². The molecule has 0 bridgehead atoms. The predicted molar refractivity (Wildman–Crippen MR) is 108 cm³/mol. The van der Waals surface area contributed by atoms with Crippen LogP contribution in [0.25, 0.3) is 6.08 Å². The molecule has 0 heterocycles. The highest BCUT2D eigenvalue weighted by Gasteiger charge is 2.06. The van der Waals surface area contributed by atoms with Gasteiger partial charge in [-0.2, -0.15) is 0 Å². The van der Waals surface area contributed by atoms with Crippen molar-refractivity contribution in [2.24, 2.45) is 0 Å². The van der Waals surface area contributed by atoms with Crippen LogP contribution in [0.15, 0.2) is 48.5 Å². The SMILES string of the molecule is CCc1cccc(C)c1NC(=S)NNC(=O)/C=C/c1cccc(C)c1. The summed E-state index contributed by atoms with van der Waals surface area (Å²) >= 11 is 5.26. The molecule has 2 rings (SSSR count). The molecule has 0 aliphatic heterocycles. The molecule has 130 valence electrons. The number of aryl methyl sites for hydroxylation is 3. The van der Waals surface area contributed by atoms with Gasteiger partial charge in [0.1, 0.15) is 0 Å². The molecule has 0 unspecified atom stereocenters. The van der Waals surface area contributed by atoms with Crippen molar-refractivity contribution in [1.29, 1.82) is 0 Å². The maximum absolute atomic E-state index is 11.9. The second-order valence-electron chi connectivity index (χ2n) is 5.78. The smallest absolute Gasteiger partial charge is 0.262 e. The lowest BCUT2D eigenvalue weighted by atomic mass is 10.1. The summed E-state index contributed by atoms with van der Waals surface area (Å²) in [5, 5.41) is 3.50. The fourth-order valence-corrected chi connectivity index (χ4v) is 2.61. The summed E-state index contributed by atoms with van der Waals surface area (Å²) in [6.45, 7) is 6.13. The van der Waals surface area contributed by atoms with E-state index in [0.717, 1.165) is 28.8 Å². The molecule has 25 heavy (non-hydrogen) atoms. The molecule has 0 saturated carbocycles. The summed E-state index contributed by atoms with van der Waals surface area (Å²) in [5.74, 6) is -0.272. The third-order valence-corrected chi connectivity index (χ3v) is 3.95. The lowest BCUT2D eigenvalue weighted by molar-refractivity contribution is -0.116. The Morgan fingerprint density at radius 2 is 1.88 bits per heavy atom. The van der Waals surface area contributed by atoms with Gasteiger partial charge in [-0.1, -0.05) is 55.0 Å². The van der Waals surface area contributed by atoms with Gasteiger partial charge in [0.25, 0.3) is 5.91 Å². The molecule has 3 N–H and O–H groups in total. The zero-order valence-electron chi connectivity index (χ0n) is 14.7. The number of carbonyl (C=O) groups is 1. The number of hydrogen-bond acceptors (Lipinski definition) is 2. The van der Waals surface area contributed by atoms with Crippen molar-refractivity contribution in [2.75, 3.05) is 5.32 Å². The van der Waals surface area contributed by atoms with Crippen molar-refractivity contribution in [3.63, 3.8) is 0 Å². The fourth-order valence-electron chi connectivity index (χ4n) is 2.45. The highest BCUT2D eigenvalue weighted by Crippen LogP contribution is 2.20. The van der Waals surface area contributed by atoms with Gasteiger partial charge in [-0.05, 0) is 55.3 Å². The largest absolute Gasteiger partial charge is 0.331 e. The fraction of sp³-hybridized carbons (Fsp3) is 0.200. The third-order valence-electron chi connectivity index (χ3n) is 3.75. The van der Waals surface area contributed by atoms with Gasteiger partial charge in [-0.15, -0.1) is 0 Å². The Kier molecular flexibility index (Phi) is 6.71. The van der Waals surface area contributed by atoms with Gasteiger partial charge in [0.15, 0.2) is 5.11 Å². The Labute approximate surface area is 154 Å². The first-order valence-electron chi connectivity index (χ1n) is 8.19. The van der Waals surface area contributed by atoms with Crippen molar-refractivity contribution in [2.45, 2.75) is 27.2 Å². The second kappa shape index (κ2) is 8.99. The summed E-state index contributed by atoms with van der Waals surface area (Å²) in [5.41, 5.74) is 10.7. The molecule has 2 aromatic carbocycles. The molecule has 4 nitrogen and oxygen atoms in total. The van der Waals surface area contributed by atoms with Crippen LogP contribution in [0.5, 0.6) is 0 Å². The Morgan fingerprint density at radius 1 is 1.12 bits per heavy atom. The zero-order chi connectivity index (χ0) is 18.2. The molecular weight excluding hydrogens is 330 g/mol. The molecule has 0 fully saturated rings. The molecule has 0 radical (unpaired) electrons. The first kappa shape index (κ1) is 18.7. The molecule has 0 spiro atoms. The number of amides is 1. The number of nitrogens with one attached hydrogen (secondary N) is 3. The van der Waals surface area contributed by atoms with Gasteiger partial charge < -0.3 is 5.32 Å². The molecule has 0 saturated heterocycles. The number of benzene rings is 2. The Hall–Kier alpha value is -2.66. The second-order valence-corrected chi connectivity index (χ2v) is 6.19. The average molecular weight is 353 g/mol. The maximum atomic E-state index is 11.9. The van der Waals surface area contributed by atoms with Crippen molar-refractivity contribution in [3.8, 4) is 0 Å². The van der Waals surface area contributed by atoms with Gasteiger partial charge in [-0.3, -0.25) is 15.6 Å². The van der Waals surface area contributed by atoms with Gasteiger partial charge >= 0.3 is 0 Å². The first-order valence-corrected chi connectivity index (χ1v) is 8.60. The van der Waals surface area contributed by atoms with E-state index in [9.17, 15) is 4.79 Å². The van der Waals surface area contributed by atoms with Crippen LogP contribution in [0.4, 0.5) is 5.69 Å². The van der Waals surface area contributed by atoms with Crippen molar-refractivity contribution < 1.29 is 4.79 Å². The van der Waals surface area contributed by atoms with E-state index in [0.29, 0.717) is 5.11 Å². The van der Waals surface area contributed by atoms with Crippen LogP contribution < -0.4 is 16.2 Å². The minimum atomic E-state index is -0.272. The van der Waals surface area contributed by atoms with Crippen molar-refractivity contribution in [3.05, 3.63) is 70.8 Å². The number of rotatable bonds is 4. The summed E-state index contributed by atoms with van der Waals surface area (Å²) in [7, 11) is 0. The average Bonchev–Trinajstić information content (AvgIpc) is 2.60. The van der Waals surface area contributed by atoms with E-state index in [2.05, 4.69) is 29.2 Å². The number of carbonyl (C=O) groups excluding carboxylic acids is 1. The van der Waals surface area contributed by atoms with E-state index in [1.54, 1.807) is 6.08 Å². The summed E-state index contributed by atoms with van der Waals surface area (Å²) in [4.78, 5) is 11.9. The van der Waals surface area contributed by atoms with Crippen LogP contribution in [0, 0.1) is 13.8 Å². The number of para-hydroxylation sites is 1. The molecule has 0 aromatic heterocycles. The summed E-state index contributed by atoms with van der Waals surface area (Å²) in [6.07, 6.45) is 4.13. The summed E-state index contributed by atoms with van der Waals surface area (Å²) < 4.78 is 0. The number of hydrogen-bond donors (Lipinski definition) is 3. The first-order chi connectivity index (χ1) is 12.0. The van der Waals surface area contributed by atoms with Crippen LogP contribution in [0.3, 0.4) is 0 Å². The number of hydrazine groups is 1. The normalized spacial score (nSPS) is 10.5. The highest BCUT2D eigenvalue weighted by atomic mass is 32.1. The van der Waals surface area contributed by atoms with Crippen LogP contribution >= 0.6 is 12.2 Å². The highest BCUT2D eigenvalue weighted by molar-refractivity contribution is 7.80. The Bertz CT molecular complexity index is 799. The van der Waals surface area contributed by atoms with E-state index in [4.69, 9.17) is 12.2 Å². The third kappa shape index (κ3) is 5.72. The lowest BCUT2D eigenvalue weighted by Crippen LogP contribution is -2.43. The van der Waals surface area contributed by atoms with Gasteiger partial charge in [0.2, 0.25) is 0 Å². The van der Waals surface area contributed by atoms with E-state index < -0.39 is 0 Å². The van der Waals surface area contributed by atoms with Gasteiger partial charge in [-0.25, -0.2) is 0 Å². The van der Waals surface area contributed by atoms with Crippen LogP contribution in [0.2, 0.25) is 0 Å². The Balaban J connectivity index is 1.89. The van der Waals surface area contributed by atoms with E-state index in [-0.39, 0.29) is 5.91 Å². The molecule has 0 atom stereocenters. The number of anilines is 1. The molecule has 0 aliphatic rings. The maximum Gasteiger partial charge on any atom is 0.262 e. The number of thiocarbonyl (C=S) groups is 1. The molecule has 0 aliphatic carbocycles. The zero-order valence-corrected chi connectivity index (χ0v) is 15.5. The standard InChI is InChI=1S/C20H23N3OS/c1-4-17-10-6-8-15(3)19(17)21-20(25)23-22-18(24)12-11-16-9-5-7-14(2)13-16/h5-13H,4H2,1-3H3,(H,22,24)(H2,21,23,25)/b12-11+. The van der Waals surface area contributed by atoms with Gasteiger partial charge in [0.05, 0.1) is 0 Å². The molecule has 2 aromatic rings. The minimum absolute atomic E-state index is 0.272. The quantitative estimate of drug-likeness (QED) is 0.443. The van der Waals surface area contributed by atoms with E-state index >= 15 is 0 Å². The lowest BCUT2D eigenvalue weighted by Gasteiger charge is -2.15. The predicted octanol–water partition coefficient (Wildman–Crippen LogP) is 3.90. The molecule has 5 heteroatoms. The van der Waals surface area contributed by atoms with E-state index in [1.165, 1.54) is 11.6 Å². The van der Waals surface area contributed by atoms with Crippen molar-refractivity contribution in [1.82, 2.24) is 10.9 Å². The monoisotopic (exact) mass is 353 g/mol. The topological polar surface area (TPSA) is 53.2 Å². The van der Waals surface area contributed by atoms with E-state index in [1.807, 2.05) is 50.2 Å². The van der Waals surface area contributed by atoms with Crippen LogP contribution in [0.1, 0.15) is 29.2 Å². The molecular formula is C20H23N3OS. The minimum Gasteiger partial charge on any atom is -0.331 e. The van der Waals surface area contributed by atoms with Crippen LogP contribution in [-0.2, 0) is 11.2 Å². The van der Waals surface area contributed by atoms with Gasteiger partial charge in [0, 0.05) is 11.8 Å².